The van der Waals surface area contributed by atoms with Crippen LogP contribution >= 0.6 is 0 Å². The van der Waals surface area contributed by atoms with Gasteiger partial charge in [0.05, 0.1) is 16.6 Å². The van der Waals surface area contributed by atoms with E-state index in [1.807, 2.05) is 25.1 Å². The molecule has 4 heteroatoms. The largest absolute Gasteiger partial charge is 0.358 e. The number of aromatic nitrogens is 2. The number of pyridine rings is 1. The van der Waals surface area contributed by atoms with Crippen LogP contribution in [0.1, 0.15) is 30.9 Å². The summed E-state index contributed by atoms with van der Waals surface area (Å²) in [5.41, 5.74) is 4.48. The van der Waals surface area contributed by atoms with Crippen LogP contribution in [0.5, 0.6) is 0 Å². The van der Waals surface area contributed by atoms with Gasteiger partial charge in [0.15, 0.2) is 5.65 Å². The molecule has 0 aliphatic carbocycles. The standard InChI is InChI=1S/C19H20N4/c1-13-7-9-22(10-8-13)18-11-14(2)15(12-20)19-21-16-5-3-4-6-17(16)23(18)19/h3-6,11,13H,7-10H2,1-2H3. The van der Waals surface area contributed by atoms with E-state index in [0.717, 1.165) is 47.1 Å². The van der Waals surface area contributed by atoms with Crippen LogP contribution in [0.2, 0.25) is 0 Å². The molecule has 1 aliphatic rings. The van der Waals surface area contributed by atoms with Crippen molar-refractivity contribution in [3.05, 3.63) is 41.5 Å². The number of nitrogens with zero attached hydrogens (tertiary/aromatic N) is 4. The van der Waals surface area contributed by atoms with E-state index in [0.29, 0.717) is 5.56 Å². The van der Waals surface area contributed by atoms with E-state index >= 15 is 0 Å². The number of aryl methyl sites for hydroxylation is 1. The maximum atomic E-state index is 9.56. The zero-order chi connectivity index (χ0) is 16.0. The molecule has 0 atom stereocenters. The highest BCUT2D eigenvalue weighted by atomic mass is 15.2. The summed E-state index contributed by atoms with van der Waals surface area (Å²) in [4.78, 5) is 7.17. The van der Waals surface area contributed by atoms with Crippen LogP contribution in [0.15, 0.2) is 30.3 Å². The molecule has 1 aliphatic heterocycles. The summed E-state index contributed by atoms with van der Waals surface area (Å²) in [7, 11) is 0. The molecule has 4 rings (SSSR count). The van der Waals surface area contributed by atoms with E-state index in [-0.39, 0.29) is 0 Å². The smallest absolute Gasteiger partial charge is 0.157 e. The van der Waals surface area contributed by atoms with Crippen molar-refractivity contribution in [2.45, 2.75) is 26.7 Å². The normalized spacial score (nSPS) is 16.1. The summed E-state index contributed by atoms with van der Waals surface area (Å²) in [6.45, 7) is 6.46. The van der Waals surface area contributed by atoms with Gasteiger partial charge in [-0.1, -0.05) is 19.1 Å². The zero-order valence-corrected chi connectivity index (χ0v) is 13.6. The van der Waals surface area contributed by atoms with Crippen molar-refractivity contribution in [1.82, 2.24) is 9.38 Å². The number of nitriles is 1. The Morgan fingerprint density at radius 3 is 2.70 bits per heavy atom. The average molecular weight is 304 g/mol. The van der Waals surface area contributed by atoms with E-state index in [2.05, 4.69) is 34.4 Å². The SMILES string of the molecule is Cc1cc(N2CCC(C)CC2)n2c(nc3ccccc32)c1C#N. The Hall–Kier alpha value is -2.54. The van der Waals surface area contributed by atoms with Gasteiger partial charge >= 0.3 is 0 Å². The lowest BCUT2D eigenvalue weighted by Crippen LogP contribution is -2.34. The third-order valence-corrected chi connectivity index (χ3v) is 4.97. The summed E-state index contributed by atoms with van der Waals surface area (Å²) in [6.07, 6.45) is 2.43. The second kappa shape index (κ2) is 5.27. The van der Waals surface area contributed by atoms with Gasteiger partial charge in [-0.25, -0.2) is 4.98 Å². The molecule has 3 heterocycles. The Labute approximate surface area is 136 Å². The number of anilines is 1. The van der Waals surface area contributed by atoms with Gasteiger partial charge < -0.3 is 4.90 Å². The fraction of sp³-hybridized carbons (Fsp3) is 0.368. The van der Waals surface area contributed by atoms with Gasteiger partial charge in [0, 0.05) is 13.1 Å². The van der Waals surface area contributed by atoms with Crippen LogP contribution in [-0.2, 0) is 0 Å². The van der Waals surface area contributed by atoms with Crippen molar-refractivity contribution < 1.29 is 0 Å². The molecular weight excluding hydrogens is 284 g/mol. The molecular formula is C19H20N4. The van der Waals surface area contributed by atoms with Gasteiger partial charge in [-0.3, -0.25) is 4.40 Å². The molecule has 0 amide bonds. The van der Waals surface area contributed by atoms with Gasteiger partial charge in [-0.2, -0.15) is 5.26 Å². The Morgan fingerprint density at radius 1 is 1.22 bits per heavy atom. The highest BCUT2D eigenvalue weighted by molar-refractivity contribution is 5.85. The molecule has 0 bridgehead atoms. The van der Waals surface area contributed by atoms with Crippen LogP contribution in [-0.4, -0.2) is 22.5 Å². The monoisotopic (exact) mass is 304 g/mol. The molecule has 1 aromatic carbocycles. The van der Waals surface area contributed by atoms with Crippen molar-refractivity contribution in [2.24, 2.45) is 5.92 Å². The molecule has 116 valence electrons. The van der Waals surface area contributed by atoms with Crippen molar-refractivity contribution in [1.29, 1.82) is 5.26 Å². The van der Waals surface area contributed by atoms with Gasteiger partial charge in [0.1, 0.15) is 11.9 Å². The molecule has 4 nitrogen and oxygen atoms in total. The van der Waals surface area contributed by atoms with Gasteiger partial charge in [-0.15, -0.1) is 0 Å². The molecule has 0 radical (unpaired) electrons. The maximum Gasteiger partial charge on any atom is 0.157 e. The number of rotatable bonds is 1. The maximum absolute atomic E-state index is 9.56. The Kier molecular flexibility index (Phi) is 3.23. The minimum Gasteiger partial charge on any atom is -0.358 e. The number of hydrogen-bond acceptors (Lipinski definition) is 3. The van der Waals surface area contributed by atoms with E-state index in [1.165, 1.54) is 12.8 Å². The molecule has 1 fully saturated rings. The molecule has 23 heavy (non-hydrogen) atoms. The summed E-state index contributed by atoms with van der Waals surface area (Å²) in [5.74, 6) is 1.96. The van der Waals surface area contributed by atoms with Crippen molar-refractivity contribution in [2.75, 3.05) is 18.0 Å². The number of hydrogen-bond donors (Lipinski definition) is 0. The Balaban J connectivity index is 2.02. The molecule has 1 saturated heterocycles. The minimum absolute atomic E-state index is 0.676. The first-order chi connectivity index (χ1) is 11.2. The fourth-order valence-corrected chi connectivity index (χ4v) is 3.54. The average Bonchev–Trinajstić information content (AvgIpc) is 2.94. The lowest BCUT2D eigenvalue weighted by molar-refractivity contribution is 0.436. The second-order valence-electron chi connectivity index (χ2n) is 6.60. The molecule has 0 unspecified atom stereocenters. The van der Waals surface area contributed by atoms with E-state index < -0.39 is 0 Å². The predicted molar refractivity (Wildman–Crippen MR) is 92.8 cm³/mol. The predicted octanol–water partition coefficient (Wildman–Crippen LogP) is 3.90. The molecule has 0 N–H and O–H groups in total. The second-order valence-corrected chi connectivity index (χ2v) is 6.60. The highest BCUT2D eigenvalue weighted by Gasteiger charge is 2.21. The first-order valence-corrected chi connectivity index (χ1v) is 8.25. The van der Waals surface area contributed by atoms with Crippen LogP contribution in [0, 0.1) is 24.2 Å². The zero-order valence-electron chi connectivity index (χ0n) is 13.6. The van der Waals surface area contributed by atoms with Crippen molar-refractivity contribution in [3.8, 4) is 6.07 Å². The third kappa shape index (κ3) is 2.16. The van der Waals surface area contributed by atoms with Crippen molar-refractivity contribution in [3.63, 3.8) is 0 Å². The first kappa shape index (κ1) is 14.1. The molecule has 0 spiro atoms. The van der Waals surface area contributed by atoms with Gasteiger partial charge in [-0.05, 0) is 49.4 Å². The lowest BCUT2D eigenvalue weighted by Gasteiger charge is -2.33. The number of imidazole rings is 1. The molecule has 2 aromatic heterocycles. The van der Waals surface area contributed by atoms with Crippen LogP contribution in [0.25, 0.3) is 16.7 Å². The third-order valence-electron chi connectivity index (χ3n) is 4.97. The summed E-state index contributed by atoms with van der Waals surface area (Å²) in [6, 6.07) is 12.6. The summed E-state index contributed by atoms with van der Waals surface area (Å²) >= 11 is 0. The number of piperidine rings is 1. The first-order valence-electron chi connectivity index (χ1n) is 8.25. The van der Waals surface area contributed by atoms with Crippen LogP contribution < -0.4 is 4.90 Å². The Bertz CT molecular complexity index is 924. The molecule has 0 saturated carbocycles. The Morgan fingerprint density at radius 2 is 1.96 bits per heavy atom. The van der Waals surface area contributed by atoms with Crippen LogP contribution in [0.4, 0.5) is 5.82 Å². The van der Waals surface area contributed by atoms with E-state index in [1.54, 1.807) is 0 Å². The number of benzene rings is 1. The summed E-state index contributed by atoms with van der Waals surface area (Å²) in [5, 5.41) is 9.56. The van der Waals surface area contributed by atoms with Crippen molar-refractivity contribution >= 4 is 22.5 Å². The van der Waals surface area contributed by atoms with Gasteiger partial charge in [0.25, 0.3) is 0 Å². The minimum atomic E-state index is 0.676. The number of fused-ring (bicyclic) bond motifs is 3. The van der Waals surface area contributed by atoms with Gasteiger partial charge in [0.2, 0.25) is 0 Å². The van der Waals surface area contributed by atoms with E-state index in [9.17, 15) is 5.26 Å². The topological polar surface area (TPSA) is 44.3 Å². The summed E-state index contributed by atoms with van der Waals surface area (Å²) < 4.78 is 2.16. The fourth-order valence-electron chi connectivity index (χ4n) is 3.54. The number of para-hydroxylation sites is 2. The highest BCUT2D eigenvalue weighted by Crippen LogP contribution is 2.30. The quantitative estimate of drug-likeness (QED) is 0.685. The molecule has 3 aromatic rings. The lowest BCUT2D eigenvalue weighted by atomic mass is 9.99. The van der Waals surface area contributed by atoms with Crippen LogP contribution in [0.3, 0.4) is 0 Å². The van der Waals surface area contributed by atoms with E-state index in [4.69, 9.17) is 4.98 Å².